The van der Waals surface area contributed by atoms with Crippen LogP contribution in [0.15, 0.2) is 18.2 Å². The molecular formula is C31H24. The standard InChI is InChI=1S/C31H24/c1-8-10-12-18-27-24-28(19-13-11-9-2)26-29(25-27)20-14-15-22-31(6,7)23-17-16-21-30(3,4)5/h24-26H,1-7H3. The molecule has 0 heteroatoms. The quantitative estimate of drug-likeness (QED) is 0.549. The van der Waals surface area contributed by atoms with E-state index in [4.69, 9.17) is 0 Å². The van der Waals surface area contributed by atoms with E-state index in [-0.39, 0.29) is 5.41 Å². The van der Waals surface area contributed by atoms with Gasteiger partial charge in [-0.1, -0.05) is 47.4 Å². The predicted molar refractivity (Wildman–Crippen MR) is 131 cm³/mol. The molecule has 0 aliphatic rings. The largest absolute Gasteiger partial charge is 0.0925 e. The summed E-state index contributed by atoms with van der Waals surface area (Å²) in [6.07, 6.45) is 0. The van der Waals surface area contributed by atoms with Crippen molar-refractivity contribution >= 4 is 0 Å². The maximum Gasteiger partial charge on any atom is 0.0883 e. The minimum absolute atomic E-state index is 0.0651. The van der Waals surface area contributed by atoms with Crippen molar-refractivity contribution < 1.29 is 0 Å². The lowest BCUT2D eigenvalue weighted by Gasteiger charge is -2.06. The highest BCUT2D eigenvalue weighted by atomic mass is 14.1. The zero-order valence-electron chi connectivity index (χ0n) is 19.2. The van der Waals surface area contributed by atoms with E-state index in [1.807, 2.05) is 52.8 Å². The van der Waals surface area contributed by atoms with E-state index < -0.39 is 5.41 Å². The van der Waals surface area contributed by atoms with Gasteiger partial charge in [0.25, 0.3) is 0 Å². The summed E-state index contributed by atoms with van der Waals surface area (Å²) >= 11 is 0. The van der Waals surface area contributed by atoms with Crippen LogP contribution in [0, 0.1) is 106 Å². The molecule has 0 amide bonds. The number of benzene rings is 1. The van der Waals surface area contributed by atoms with E-state index in [1.165, 1.54) is 0 Å². The molecule has 0 radical (unpaired) electrons. The Kier molecular flexibility index (Phi) is 9.82. The molecule has 0 nitrogen and oxygen atoms in total. The molecule has 0 atom stereocenters. The molecule has 0 fully saturated rings. The first kappa shape index (κ1) is 24.7. The van der Waals surface area contributed by atoms with Gasteiger partial charge in [-0.15, -0.1) is 0 Å². The van der Waals surface area contributed by atoms with Crippen molar-refractivity contribution in [2.75, 3.05) is 0 Å². The van der Waals surface area contributed by atoms with E-state index in [0.717, 1.165) is 16.7 Å². The van der Waals surface area contributed by atoms with Crippen molar-refractivity contribution in [1.29, 1.82) is 0 Å². The third-order valence-corrected chi connectivity index (χ3v) is 3.24. The molecule has 0 heterocycles. The van der Waals surface area contributed by atoms with Crippen LogP contribution in [0.1, 0.15) is 65.2 Å². The van der Waals surface area contributed by atoms with Crippen LogP contribution in [0.4, 0.5) is 0 Å². The number of rotatable bonds is 0. The molecule has 0 aliphatic carbocycles. The van der Waals surface area contributed by atoms with E-state index in [0.29, 0.717) is 0 Å². The zero-order chi connectivity index (χ0) is 23.2. The highest BCUT2D eigenvalue weighted by Gasteiger charge is 2.08. The van der Waals surface area contributed by atoms with Crippen LogP contribution in [0.2, 0.25) is 0 Å². The van der Waals surface area contributed by atoms with Crippen molar-refractivity contribution in [1.82, 2.24) is 0 Å². The first-order valence-corrected chi connectivity index (χ1v) is 9.73. The third kappa shape index (κ3) is 12.0. The van der Waals surface area contributed by atoms with Crippen molar-refractivity contribution in [3.8, 4) is 94.7 Å². The molecule has 0 aromatic heterocycles. The second kappa shape index (κ2) is 12.3. The maximum absolute atomic E-state index is 3.09. The summed E-state index contributed by atoms with van der Waals surface area (Å²) in [5.74, 6) is 46.5. The van der Waals surface area contributed by atoms with Crippen molar-refractivity contribution in [3.05, 3.63) is 34.9 Å². The molecular weight excluding hydrogens is 372 g/mol. The fourth-order valence-electron chi connectivity index (χ4n) is 1.90. The third-order valence-electron chi connectivity index (χ3n) is 3.24. The Hall–Kier alpha value is -4.30. The van der Waals surface area contributed by atoms with Crippen LogP contribution in [0.3, 0.4) is 0 Å². The van der Waals surface area contributed by atoms with Gasteiger partial charge in [-0.05, 0) is 114 Å². The van der Waals surface area contributed by atoms with Gasteiger partial charge < -0.3 is 0 Å². The fraction of sp³-hybridized carbons (Fsp3) is 0.290. The van der Waals surface area contributed by atoms with Gasteiger partial charge in [0.05, 0.1) is 5.41 Å². The van der Waals surface area contributed by atoms with E-state index in [2.05, 4.69) is 94.7 Å². The molecule has 0 bridgehead atoms. The van der Waals surface area contributed by atoms with Gasteiger partial charge in [0.15, 0.2) is 0 Å². The fourth-order valence-corrected chi connectivity index (χ4v) is 1.90. The van der Waals surface area contributed by atoms with Crippen LogP contribution in [-0.2, 0) is 0 Å². The molecule has 0 saturated carbocycles. The van der Waals surface area contributed by atoms with Crippen molar-refractivity contribution in [2.45, 2.75) is 48.5 Å². The Labute approximate surface area is 189 Å². The molecule has 0 N–H and O–H groups in total. The Morgan fingerprint density at radius 2 is 0.839 bits per heavy atom. The Morgan fingerprint density at radius 1 is 0.484 bits per heavy atom. The molecule has 0 aliphatic heterocycles. The number of hydrogen-bond donors (Lipinski definition) is 0. The summed E-state index contributed by atoms with van der Waals surface area (Å²) in [5.41, 5.74) is 1.80. The normalized spacial score (nSPS) is 8.35. The molecule has 31 heavy (non-hydrogen) atoms. The lowest BCUT2D eigenvalue weighted by Crippen LogP contribution is -2.03. The Balaban J connectivity index is 3.19. The first-order chi connectivity index (χ1) is 14.6. The molecule has 0 saturated heterocycles. The summed E-state index contributed by atoms with van der Waals surface area (Å²) in [6.45, 7) is 13.5. The van der Waals surface area contributed by atoms with E-state index in [1.54, 1.807) is 13.8 Å². The van der Waals surface area contributed by atoms with Crippen LogP contribution < -0.4 is 0 Å². The van der Waals surface area contributed by atoms with Crippen LogP contribution in [0.25, 0.3) is 0 Å². The van der Waals surface area contributed by atoms with Crippen LogP contribution in [-0.4, -0.2) is 0 Å². The average Bonchev–Trinajstić information content (AvgIpc) is 2.68. The molecule has 1 aromatic carbocycles. The zero-order valence-corrected chi connectivity index (χ0v) is 19.2. The van der Waals surface area contributed by atoms with Crippen molar-refractivity contribution in [3.63, 3.8) is 0 Å². The highest BCUT2D eigenvalue weighted by Crippen LogP contribution is 2.12. The SMILES string of the molecule is CC#CC#Cc1cc(C#CC#CC)cc(C#CC#CC(C)(C)C#CC#CC(C)(C)C)c1. The lowest BCUT2D eigenvalue weighted by atomic mass is 9.95. The van der Waals surface area contributed by atoms with Gasteiger partial charge in [0, 0.05) is 22.1 Å². The second-order valence-electron chi connectivity index (χ2n) is 7.92. The average molecular weight is 397 g/mol. The van der Waals surface area contributed by atoms with Crippen LogP contribution in [0.5, 0.6) is 0 Å². The van der Waals surface area contributed by atoms with Gasteiger partial charge >= 0.3 is 0 Å². The molecule has 0 spiro atoms. The smallest absolute Gasteiger partial charge is 0.0883 e. The van der Waals surface area contributed by atoms with Crippen molar-refractivity contribution in [2.24, 2.45) is 10.8 Å². The minimum Gasteiger partial charge on any atom is -0.0925 e. The van der Waals surface area contributed by atoms with Gasteiger partial charge in [-0.25, -0.2) is 0 Å². The summed E-state index contributed by atoms with van der Waals surface area (Å²) in [5, 5.41) is 0. The second-order valence-corrected chi connectivity index (χ2v) is 7.92. The summed E-state index contributed by atoms with van der Waals surface area (Å²) in [4.78, 5) is 0. The summed E-state index contributed by atoms with van der Waals surface area (Å²) in [7, 11) is 0. The highest BCUT2D eigenvalue weighted by molar-refractivity contribution is 5.54. The molecule has 148 valence electrons. The Bertz CT molecular complexity index is 1270. The maximum atomic E-state index is 3.09. The summed E-state index contributed by atoms with van der Waals surface area (Å²) < 4.78 is 0. The molecule has 1 aromatic rings. The monoisotopic (exact) mass is 396 g/mol. The Morgan fingerprint density at radius 3 is 1.23 bits per heavy atom. The number of hydrogen-bond acceptors (Lipinski definition) is 0. The molecule has 0 unspecified atom stereocenters. The van der Waals surface area contributed by atoms with Gasteiger partial charge in [-0.3, -0.25) is 0 Å². The predicted octanol–water partition coefficient (Wildman–Crippen LogP) is 4.87. The van der Waals surface area contributed by atoms with Gasteiger partial charge in [0.1, 0.15) is 0 Å². The van der Waals surface area contributed by atoms with E-state index in [9.17, 15) is 0 Å². The lowest BCUT2D eigenvalue weighted by molar-refractivity contribution is 0.571. The first-order valence-electron chi connectivity index (χ1n) is 9.73. The van der Waals surface area contributed by atoms with Gasteiger partial charge in [-0.2, -0.15) is 0 Å². The molecule has 1 rings (SSSR count). The van der Waals surface area contributed by atoms with E-state index >= 15 is 0 Å². The van der Waals surface area contributed by atoms with Gasteiger partial charge in [0.2, 0.25) is 0 Å². The topological polar surface area (TPSA) is 0 Å². The minimum atomic E-state index is -0.497. The summed E-state index contributed by atoms with van der Waals surface area (Å²) in [6, 6.07) is 5.67. The van der Waals surface area contributed by atoms with Crippen LogP contribution >= 0.6 is 0 Å².